The van der Waals surface area contributed by atoms with E-state index in [2.05, 4.69) is 0 Å². The molecule has 27 heavy (non-hydrogen) atoms. The SMILES string of the molecule is COc1ccc(COC(=O)c2ccc(OCc3ccccc3)cc2O)cc1. The lowest BCUT2D eigenvalue weighted by Gasteiger charge is -2.10. The summed E-state index contributed by atoms with van der Waals surface area (Å²) in [5.74, 6) is 0.426. The Morgan fingerprint density at radius 1 is 0.852 bits per heavy atom. The number of ether oxygens (including phenoxy) is 3. The minimum atomic E-state index is -0.599. The van der Waals surface area contributed by atoms with E-state index in [-0.39, 0.29) is 17.9 Å². The molecule has 0 unspecified atom stereocenters. The highest BCUT2D eigenvalue weighted by molar-refractivity contribution is 5.92. The first-order valence-electron chi connectivity index (χ1n) is 8.45. The second-order valence-corrected chi connectivity index (χ2v) is 5.88. The van der Waals surface area contributed by atoms with E-state index in [0.717, 1.165) is 16.9 Å². The topological polar surface area (TPSA) is 65.0 Å². The summed E-state index contributed by atoms with van der Waals surface area (Å²) in [4.78, 5) is 12.2. The van der Waals surface area contributed by atoms with Gasteiger partial charge in [0.05, 0.1) is 7.11 Å². The van der Waals surface area contributed by atoms with Crippen molar-refractivity contribution >= 4 is 5.97 Å². The summed E-state index contributed by atoms with van der Waals surface area (Å²) in [6.45, 7) is 0.482. The fourth-order valence-corrected chi connectivity index (χ4v) is 2.46. The highest BCUT2D eigenvalue weighted by atomic mass is 16.5. The third-order valence-electron chi connectivity index (χ3n) is 3.97. The van der Waals surface area contributed by atoms with Crippen LogP contribution in [0.2, 0.25) is 0 Å². The largest absolute Gasteiger partial charge is 0.507 e. The molecular formula is C22H20O5. The van der Waals surface area contributed by atoms with Crippen LogP contribution in [0, 0.1) is 0 Å². The number of phenols is 1. The van der Waals surface area contributed by atoms with Gasteiger partial charge in [0.2, 0.25) is 0 Å². The smallest absolute Gasteiger partial charge is 0.342 e. The van der Waals surface area contributed by atoms with Crippen molar-refractivity contribution in [3.63, 3.8) is 0 Å². The average molecular weight is 364 g/mol. The third kappa shape index (κ3) is 5.01. The van der Waals surface area contributed by atoms with E-state index in [4.69, 9.17) is 14.2 Å². The lowest BCUT2D eigenvalue weighted by Crippen LogP contribution is -2.06. The molecule has 0 aliphatic carbocycles. The van der Waals surface area contributed by atoms with Gasteiger partial charge in [-0.2, -0.15) is 0 Å². The third-order valence-corrected chi connectivity index (χ3v) is 3.97. The Kier molecular flexibility index (Phi) is 5.94. The second kappa shape index (κ2) is 8.76. The van der Waals surface area contributed by atoms with Crippen LogP contribution in [0.4, 0.5) is 0 Å². The van der Waals surface area contributed by atoms with Gasteiger partial charge in [-0.1, -0.05) is 42.5 Å². The molecule has 0 saturated heterocycles. The van der Waals surface area contributed by atoms with E-state index in [9.17, 15) is 9.90 Å². The Bertz CT molecular complexity index is 888. The molecule has 1 N–H and O–H groups in total. The number of phenolic OH excluding ortho intramolecular Hbond substituents is 1. The maximum atomic E-state index is 12.2. The fraction of sp³-hybridized carbons (Fsp3) is 0.136. The quantitative estimate of drug-likeness (QED) is 0.632. The highest BCUT2D eigenvalue weighted by Gasteiger charge is 2.14. The molecule has 5 nitrogen and oxygen atoms in total. The molecule has 3 rings (SSSR count). The van der Waals surface area contributed by atoms with E-state index in [1.54, 1.807) is 25.3 Å². The monoisotopic (exact) mass is 364 g/mol. The van der Waals surface area contributed by atoms with Gasteiger partial charge in [-0.25, -0.2) is 4.79 Å². The van der Waals surface area contributed by atoms with Crippen molar-refractivity contribution in [2.75, 3.05) is 7.11 Å². The Balaban J connectivity index is 1.58. The van der Waals surface area contributed by atoms with E-state index in [1.165, 1.54) is 12.1 Å². The Labute approximate surface area is 157 Å². The van der Waals surface area contributed by atoms with Gasteiger partial charge in [0, 0.05) is 6.07 Å². The lowest BCUT2D eigenvalue weighted by atomic mass is 10.2. The first kappa shape index (κ1) is 18.3. The summed E-state index contributed by atoms with van der Waals surface area (Å²) in [6.07, 6.45) is 0. The molecule has 0 aliphatic heterocycles. The fourth-order valence-electron chi connectivity index (χ4n) is 2.46. The number of methoxy groups -OCH3 is 1. The van der Waals surface area contributed by atoms with Crippen molar-refractivity contribution < 1.29 is 24.1 Å². The molecule has 0 fully saturated rings. The van der Waals surface area contributed by atoms with Gasteiger partial charge in [0.1, 0.15) is 36.0 Å². The predicted molar refractivity (Wildman–Crippen MR) is 101 cm³/mol. The van der Waals surface area contributed by atoms with Gasteiger partial charge >= 0.3 is 5.97 Å². The van der Waals surface area contributed by atoms with Crippen LogP contribution in [0.15, 0.2) is 72.8 Å². The van der Waals surface area contributed by atoms with Crippen molar-refractivity contribution in [3.05, 3.63) is 89.5 Å². The number of esters is 1. The number of benzene rings is 3. The molecule has 0 aliphatic rings. The maximum absolute atomic E-state index is 12.2. The first-order valence-corrected chi connectivity index (χ1v) is 8.45. The van der Waals surface area contributed by atoms with Gasteiger partial charge in [-0.3, -0.25) is 0 Å². The summed E-state index contributed by atoms with van der Waals surface area (Å²) in [5.41, 5.74) is 1.93. The number of aromatic hydroxyl groups is 1. The Morgan fingerprint density at radius 2 is 1.52 bits per heavy atom. The normalized spacial score (nSPS) is 10.3. The van der Waals surface area contributed by atoms with Crippen LogP contribution in [-0.4, -0.2) is 18.2 Å². The van der Waals surface area contributed by atoms with Gasteiger partial charge in [0.25, 0.3) is 0 Å². The molecule has 138 valence electrons. The molecule has 0 saturated carbocycles. The molecule has 0 bridgehead atoms. The molecule has 0 amide bonds. The molecule has 3 aromatic carbocycles. The van der Waals surface area contributed by atoms with Gasteiger partial charge in [-0.05, 0) is 35.4 Å². The summed E-state index contributed by atoms with van der Waals surface area (Å²) in [6, 6.07) is 21.4. The predicted octanol–water partition coefficient (Wildman–Crippen LogP) is 4.34. The minimum Gasteiger partial charge on any atom is -0.507 e. The molecule has 0 aromatic heterocycles. The van der Waals surface area contributed by atoms with E-state index >= 15 is 0 Å². The summed E-state index contributed by atoms with van der Waals surface area (Å²) in [5, 5.41) is 10.1. The number of carbonyl (C=O) groups is 1. The van der Waals surface area contributed by atoms with Crippen molar-refractivity contribution in [1.29, 1.82) is 0 Å². The molecular weight excluding hydrogens is 344 g/mol. The van der Waals surface area contributed by atoms with Crippen LogP contribution >= 0.6 is 0 Å². The summed E-state index contributed by atoms with van der Waals surface area (Å²) >= 11 is 0. The van der Waals surface area contributed by atoms with Crippen molar-refractivity contribution in [2.45, 2.75) is 13.2 Å². The van der Waals surface area contributed by atoms with Crippen LogP contribution in [-0.2, 0) is 18.0 Å². The second-order valence-electron chi connectivity index (χ2n) is 5.88. The van der Waals surface area contributed by atoms with Crippen molar-refractivity contribution in [1.82, 2.24) is 0 Å². The Hall–Kier alpha value is -3.47. The van der Waals surface area contributed by atoms with E-state index in [0.29, 0.717) is 12.4 Å². The van der Waals surface area contributed by atoms with Crippen LogP contribution in [0.25, 0.3) is 0 Å². The zero-order valence-electron chi connectivity index (χ0n) is 14.9. The summed E-state index contributed by atoms with van der Waals surface area (Å²) < 4.78 is 16.0. The zero-order valence-corrected chi connectivity index (χ0v) is 14.9. The number of hydrogen-bond donors (Lipinski definition) is 1. The maximum Gasteiger partial charge on any atom is 0.342 e. The zero-order chi connectivity index (χ0) is 19.1. The number of rotatable bonds is 7. The van der Waals surface area contributed by atoms with Gasteiger partial charge in [0.15, 0.2) is 0 Å². The van der Waals surface area contributed by atoms with Crippen LogP contribution in [0.5, 0.6) is 17.2 Å². The van der Waals surface area contributed by atoms with Crippen LogP contribution in [0.3, 0.4) is 0 Å². The molecule has 0 radical (unpaired) electrons. The highest BCUT2D eigenvalue weighted by Crippen LogP contribution is 2.25. The average Bonchev–Trinajstić information content (AvgIpc) is 2.71. The minimum absolute atomic E-state index is 0.0931. The standard InChI is InChI=1S/C22H20O5/c1-25-18-9-7-17(8-10-18)15-27-22(24)20-12-11-19(13-21(20)23)26-14-16-5-3-2-4-6-16/h2-13,23H,14-15H2,1H3. The Morgan fingerprint density at radius 3 is 2.19 bits per heavy atom. The van der Waals surface area contributed by atoms with E-state index in [1.807, 2.05) is 42.5 Å². The number of carbonyl (C=O) groups excluding carboxylic acids is 1. The van der Waals surface area contributed by atoms with Crippen LogP contribution < -0.4 is 9.47 Å². The molecule has 0 atom stereocenters. The molecule has 5 heteroatoms. The summed E-state index contributed by atoms with van der Waals surface area (Å²) in [7, 11) is 1.59. The first-order chi connectivity index (χ1) is 13.2. The van der Waals surface area contributed by atoms with Gasteiger partial charge < -0.3 is 19.3 Å². The van der Waals surface area contributed by atoms with Gasteiger partial charge in [-0.15, -0.1) is 0 Å². The van der Waals surface area contributed by atoms with E-state index < -0.39 is 5.97 Å². The van der Waals surface area contributed by atoms with Crippen LogP contribution in [0.1, 0.15) is 21.5 Å². The lowest BCUT2D eigenvalue weighted by molar-refractivity contribution is 0.0469. The molecule has 0 heterocycles. The van der Waals surface area contributed by atoms with Crippen molar-refractivity contribution in [3.8, 4) is 17.2 Å². The number of hydrogen-bond acceptors (Lipinski definition) is 5. The van der Waals surface area contributed by atoms with Crippen molar-refractivity contribution in [2.24, 2.45) is 0 Å². The molecule has 3 aromatic rings. The molecule has 0 spiro atoms.